The van der Waals surface area contributed by atoms with Crippen LogP contribution in [-0.4, -0.2) is 23.8 Å². The number of carbonyl (C=O) groups excluding carboxylic acids is 1. The number of ether oxygens (including phenoxy) is 2. The SMILES string of the molecule is COC(=O)C1CC(Oc2ccc(Cl)c(Cc3cc4c(C)cc(C#N)cc4n3C)c2Cl)C1. The highest BCUT2D eigenvalue weighted by Gasteiger charge is 2.37. The van der Waals surface area contributed by atoms with Gasteiger partial charge in [0.05, 0.1) is 29.7 Å². The minimum atomic E-state index is -0.201. The molecule has 0 amide bonds. The second-order valence-electron chi connectivity index (χ2n) is 7.98. The standard InChI is InChI=1S/C24H22Cl2N2O3/c1-13-6-14(12-27)7-21-18(13)10-16(28(21)2)11-19-20(25)4-5-22(23(19)26)31-17-8-15(9-17)24(29)30-3/h4-7,10,15,17H,8-9,11H2,1-3H3. The molecule has 0 spiro atoms. The molecule has 1 aliphatic rings. The summed E-state index contributed by atoms with van der Waals surface area (Å²) < 4.78 is 12.9. The van der Waals surface area contributed by atoms with Crippen LogP contribution in [0.2, 0.25) is 10.0 Å². The third-order valence-electron chi connectivity index (χ3n) is 6.03. The van der Waals surface area contributed by atoms with Crippen molar-refractivity contribution in [2.24, 2.45) is 13.0 Å². The van der Waals surface area contributed by atoms with Crippen LogP contribution in [0.15, 0.2) is 30.3 Å². The summed E-state index contributed by atoms with van der Waals surface area (Å²) in [6, 6.07) is 11.7. The fraction of sp³-hybridized carbons (Fsp3) is 0.333. The molecule has 0 radical (unpaired) electrons. The van der Waals surface area contributed by atoms with E-state index in [9.17, 15) is 10.1 Å². The Hall–Kier alpha value is -2.68. The zero-order valence-corrected chi connectivity index (χ0v) is 19.0. The fourth-order valence-corrected chi connectivity index (χ4v) is 4.66. The van der Waals surface area contributed by atoms with Crippen molar-refractivity contribution in [1.29, 1.82) is 5.26 Å². The van der Waals surface area contributed by atoms with Crippen molar-refractivity contribution < 1.29 is 14.3 Å². The third kappa shape index (κ3) is 3.98. The lowest BCUT2D eigenvalue weighted by Crippen LogP contribution is -2.38. The molecule has 1 fully saturated rings. The number of nitrogens with zero attached hydrogens (tertiary/aromatic N) is 2. The summed E-state index contributed by atoms with van der Waals surface area (Å²) in [5.74, 6) is 0.252. The number of aryl methyl sites for hydroxylation is 2. The van der Waals surface area contributed by atoms with E-state index in [4.69, 9.17) is 32.7 Å². The summed E-state index contributed by atoms with van der Waals surface area (Å²) >= 11 is 13.2. The van der Waals surface area contributed by atoms with Crippen molar-refractivity contribution in [1.82, 2.24) is 4.57 Å². The molecule has 1 saturated carbocycles. The van der Waals surface area contributed by atoms with Gasteiger partial charge in [0, 0.05) is 35.1 Å². The van der Waals surface area contributed by atoms with Gasteiger partial charge >= 0.3 is 5.97 Å². The van der Waals surface area contributed by atoms with Gasteiger partial charge in [0.1, 0.15) is 11.9 Å². The highest BCUT2D eigenvalue weighted by atomic mass is 35.5. The number of methoxy groups -OCH3 is 1. The number of fused-ring (bicyclic) bond motifs is 1. The highest BCUT2D eigenvalue weighted by molar-refractivity contribution is 6.37. The van der Waals surface area contributed by atoms with Gasteiger partial charge in [0.15, 0.2) is 0 Å². The number of nitriles is 1. The van der Waals surface area contributed by atoms with Crippen LogP contribution in [0.5, 0.6) is 5.75 Å². The molecule has 1 aromatic heterocycles. The van der Waals surface area contributed by atoms with Crippen molar-refractivity contribution >= 4 is 40.1 Å². The van der Waals surface area contributed by atoms with E-state index >= 15 is 0 Å². The molecule has 3 aromatic rings. The highest BCUT2D eigenvalue weighted by Crippen LogP contribution is 2.39. The average Bonchev–Trinajstić information content (AvgIpc) is 3.04. The number of halogens is 2. The smallest absolute Gasteiger partial charge is 0.308 e. The number of hydrogen-bond donors (Lipinski definition) is 0. The van der Waals surface area contributed by atoms with Crippen LogP contribution in [0, 0.1) is 24.2 Å². The molecule has 1 heterocycles. The van der Waals surface area contributed by atoms with Gasteiger partial charge in [-0.1, -0.05) is 23.2 Å². The molecule has 31 heavy (non-hydrogen) atoms. The molecule has 4 rings (SSSR count). The van der Waals surface area contributed by atoms with Gasteiger partial charge in [-0.05, 0) is 61.2 Å². The molecule has 7 heteroatoms. The number of aromatic nitrogens is 1. The summed E-state index contributed by atoms with van der Waals surface area (Å²) in [4.78, 5) is 11.6. The van der Waals surface area contributed by atoms with Crippen molar-refractivity contribution in [3.05, 3.63) is 62.8 Å². The van der Waals surface area contributed by atoms with Crippen LogP contribution >= 0.6 is 23.2 Å². The van der Waals surface area contributed by atoms with E-state index in [-0.39, 0.29) is 18.0 Å². The summed E-state index contributed by atoms with van der Waals surface area (Å²) in [6.07, 6.45) is 1.69. The Kier molecular flexibility index (Phi) is 5.88. The third-order valence-corrected chi connectivity index (χ3v) is 6.80. The zero-order chi connectivity index (χ0) is 22.3. The largest absolute Gasteiger partial charge is 0.489 e. The van der Waals surface area contributed by atoms with Gasteiger partial charge in [-0.25, -0.2) is 0 Å². The average molecular weight is 457 g/mol. The molecule has 2 aromatic carbocycles. The summed E-state index contributed by atoms with van der Waals surface area (Å²) in [5.41, 5.74) is 4.50. The maximum Gasteiger partial charge on any atom is 0.308 e. The van der Waals surface area contributed by atoms with E-state index in [1.165, 1.54) is 7.11 Å². The number of hydrogen-bond acceptors (Lipinski definition) is 4. The topological polar surface area (TPSA) is 64.2 Å². The van der Waals surface area contributed by atoms with Gasteiger partial charge < -0.3 is 14.0 Å². The van der Waals surface area contributed by atoms with Crippen molar-refractivity contribution in [3.8, 4) is 11.8 Å². The second kappa shape index (κ2) is 8.45. The first kappa shape index (κ1) is 21.5. The number of esters is 1. The lowest BCUT2D eigenvalue weighted by molar-refractivity contribution is -0.151. The predicted molar refractivity (Wildman–Crippen MR) is 121 cm³/mol. The predicted octanol–water partition coefficient (Wildman–Crippen LogP) is 5.59. The Morgan fingerprint density at radius 1 is 1.26 bits per heavy atom. The molecule has 0 atom stereocenters. The minimum absolute atomic E-state index is 0.0692. The maximum atomic E-state index is 11.6. The second-order valence-corrected chi connectivity index (χ2v) is 8.76. The van der Waals surface area contributed by atoms with Gasteiger partial charge in [-0.2, -0.15) is 5.26 Å². The molecular weight excluding hydrogens is 435 g/mol. The van der Waals surface area contributed by atoms with Gasteiger partial charge in [-0.3, -0.25) is 4.79 Å². The van der Waals surface area contributed by atoms with Crippen molar-refractivity contribution in [2.75, 3.05) is 7.11 Å². The van der Waals surface area contributed by atoms with Crippen molar-refractivity contribution in [2.45, 2.75) is 32.3 Å². The molecule has 160 valence electrons. The minimum Gasteiger partial charge on any atom is -0.489 e. The monoisotopic (exact) mass is 456 g/mol. The first-order valence-electron chi connectivity index (χ1n) is 10.0. The lowest BCUT2D eigenvalue weighted by Gasteiger charge is -2.33. The Morgan fingerprint density at radius 3 is 2.68 bits per heavy atom. The zero-order valence-electron chi connectivity index (χ0n) is 17.5. The Bertz CT molecular complexity index is 1220. The summed E-state index contributed by atoms with van der Waals surface area (Å²) in [5, 5.41) is 11.4. The van der Waals surface area contributed by atoms with Crippen LogP contribution in [0.25, 0.3) is 10.9 Å². The maximum absolute atomic E-state index is 11.6. The van der Waals surface area contributed by atoms with Gasteiger partial charge in [0.2, 0.25) is 0 Å². The van der Waals surface area contributed by atoms with E-state index < -0.39 is 0 Å². The van der Waals surface area contributed by atoms with Crippen LogP contribution in [-0.2, 0) is 23.0 Å². The molecule has 0 bridgehead atoms. The van der Waals surface area contributed by atoms with E-state index in [2.05, 4.69) is 16.7 Å². The van der Waals surface area contributed by atoms with Gasteiger partial charge in [0.25, 0.3) is 0 Å². The van der Waals surface area contributed by atoms with E-state index in [0.717, 1.165) is 27.7 Å². The summed E-state index contributed by atoms with van der Waals surface area (Å²) in [7, 11) is 3.37. The first-order valence-corrected chi connectivity index (χ1v) is 10.8. The summed E-state index contributed by atoms with van der Waals surface area (Å²) in [6.45, 7) is 2.00. The van der Waals surface area contributed by atoms with Crippen LogP contribution < -0.4 is 4.74 Å². The number of rotatable bonds is 5. The van der Waals surface area contributed by atoms with Crippen LogP contribution in [0.4, 0.5) is 0 Å². The molecule has 5 nitrogen and oxygen atoms in total. The molecular formula is C24H22Cl2N2O3. The first-order chi connectivity index (χ1) is 14.8. The van der Waals surface area contributed by atoms with E-state index in [0.29, 0.717) is 40.6 Å². The Morgan fingerprint density at radius 2 is 2.00 bits per heavy atom. The molecule has 0 aliphatic heterocycles. The molecule has 0 saturated heterocycles. The number of benzene rings is 2. The fourth-order valence-electron chi connectivity index (χ4n) is 4.11. The normalized spacial score (nSPS) is 17.8. The quantitative estimate of drug-likeness (QED) is 0.469. The van der Waals surface area contributed by atoms with E-state index in [1.54, 1.807) is 12.1 Å². The molecule has 1 aliphatic carbocycles. The van der Waals surface area contributed by atoms with E-state index in [1.807, 2.05) is 26.1 Å². The number of carbonyl (C=O) groups is 1. The van der Waals surface area contributed by atoms with Crippen molar-refractivity contribution in [3.63, 3.8) is 0 Å². The van der Waals surface area contributed by atoms with Gasteiger partial charge in [-0.15, -0.1) is 0 Å². The van der Waals surface area contributed by atoms with Crippen LogP contribution in [0.1, 0.15) is 35.2 Å². The molecule has 0 N–H and O–H groups in total. The van der Waals surface area contributed by atoms with Crippen LogP contribution in [0.3, 0.4) is 0 Å². The Balaban J connectivity index is 1.60. The Labute approximate surface area is 191 Å². The lowest BCUT2D eigenvalue weighted by atomic mass is 9.82. The molecule has 0 unspecified atom stereocenters.